The maximum absolute atomic E-state index is 13.1. The summed E-state index contributed by atoms with van der Waals surface area (Å²) >= 11 is 0. The number of carboxylic acids is 1. The zero-order chi connectivity index (χ0) is 24.8. The fraction of sp³-hybridized carbons (Fsp3) is 0.231. The van der Waals surface area contributed by atoms with Gasteiger partial charge in [0.05, 0.1) is 29.3 Å². The van der Waals surface area contributed by atoms with Crippen LogP contribution in [0.3, 0.4) is 0 Å². The Morgan fingerprint density at radius 3 is 2.60 bits per heavy atom. The number of carboxylic acid groups (broad SMARTS) is 1. The van der Waals surface area contributed by atoms with Crippen molar-refractivity contribution >= 4 is 23.0 Å². The molecule has 5 rings (SSSR count). The fourth-order valence-corrected chi connectivity index (χ4v) is 4.11. The van der Waals surface area contributed by atoms with Crippen molar-refractivity contribution in [2.24, 2.45) is 5.73 Å². The van der Waals surface area contributed by atoms with E-state index in [1.807, 2.05) is 18.2 Å². The van der Waals surface area contributed by atoms with Gasteiger partial charge >= 0.3 is 5.97 Å². The van der Waals surface area contributed by atoms with Gasteiger partial charge in [0, 0.05) is 25.3 Å². The molecular weight excluding hydrogens is 444 g/mol. The number of piperidine rings is 1. The van der Waals surface area contributed by atoms with Gasteiger partial charge in [-0.15, -0.1) is 0 Å². The number of nitriles is 1. The smallest absolute Gasteiger partial charge is 0.335 e. The molecule has 0 aliphatic carbocycles. The molecule has 0 bridgehead atoms. The molecule has 0 amide bonds. The van der Waals surface area contributed by atoms with Gasteiger partial charge in [-0.25, -0.2) is 9.78 Å². The average Bonchev–Trinajstić information content (AvgIpc) is 3.36. The molecule has 9 nitrogen and oxygen atoms in total. The van der Waals surface area contributed by atoms with Crippen molar-refractivity contribution in [3.63, 3.8) is 0 Å². The van der Waals surface area contributed by atoms with Gasteiger partial charge in [-0.3, -0.25) is 9.36 Å². The molecule has 0 saturated carbocycles. The van der Waals surface area contributed by atoms with Gasteiger partial charge < -0.3 is 20.7 Å². The number of hydrogen-bond acceptors (Lipinski definition) is 6. The van der Waals surface area contributed by atoms with Gasteiger partial charge in [0.15, 0.2) is 0 Å². The summed E-state index contributed by atoms with van der Waals surface area (Å²) in [6, 6.07) is 19.7. The molecule has 2 aromatic carbocycles. The maximum atomic E-state index is 13.1. The van der Waals surface area contributed by atoms with Crippen LogP contribution in [0, 0.1) is 11.3 Å². The largest absolute Gasteiger partial charge is 0.478 e. The number of aromatic nitrogens is 3. The minimum atomic E-state index is -0.879. The van der Waals surface area contributed by atoms with Gasteiger partial charge in [-0.2, -0.15) is 5.26 Å². The second kappa shape index (κ2) is 10.7. The Morgan fingerprint density at radius 2 is 1.91 bits per heavy atom. The van der Waals surface area contributed by atoms with Gasteiger partial charge in [0.2, 0.25) is 5.95 Å². The maximum Gasteiger partial charge on any atom is 0.335 e. The highest BCUT2D eigenvalue weighted by Crippen LogP contribution is 2.20. The van der Waals surface area contributed by atoms with Crippen LogP contribution >= 0.6 is 0 Å². The number of H-pyrrole nitrogens is 1. The van der Waals surface area contributed by atoms with Crippen LogP contribution in [0.15, 0.2) is 71.7 Å². The van der Waals surface area contributed by atoms with E-state index in [0.29, 0.717) is 41.2 Å². The average molecular weight is 471 g/mol. The molecule has 0 spiro atoms. The zero-order valence-electron chi connectivity index (χ0n) is 19.1. The lowest BCUT2D eigenvalue weighted by Gasteiger charge is -2.33. The van der Waals surface area contributed by atoms with Crippen LogP contribution in [0.2, 0.25) is 0 Å². The summed E-state index contributed by atoms with van der Waals surface area (Å²) in [4.78, 5) is 33.1. The second-order valence-electron chi connectivity index (χ2n) is 8.33. The summed E-state index contributed by atoms with van der Waals surface area (Å²) < 4.78 is 1.65. The first-order chi connectivity index (χ1) is 17.0. The Labute approximate surface area is 202 Å². The van der Waals surface area contributed by atoms with E-state index in [9.17, 15) is 14.9 Å². The number of anilines is 1. The number of hydrogen-bond donors (Lipinski definition) is 3. The number of nitrogens with zero attached hydrogens (tertiary/aromatic N) is 4. The number of nitrogens with one attached hydrogen (secondary N) is 1. The molecule has 1 aliphatic rings. The Kier molecular flexibility index (Phi) is 7.24. The number of carbonyl (C=O) groups is 1. The molecular formula is C26H26N6O3. The number of aromatic amines is 1. The quantitative estimate of drug-likeness (QED) is 0.416. The highest BCUT2D eigenvalue weighted by atomic mass is 16.4. The van der Waals surface area contributed by atoms with Crippen LogP contribution in [0.25, 0.3) is 11.0 Å². The number of fused-ring (bicyclic) bond motifs is 1. The Hall–Kier alpha value is -4.42. The van der Waals surface area contributed by atoms with Crippen molar-refractivity contribution in [1.29, 1.82) is 5.26 Å². The van der Waals surface area contributed by atoms with Crippen LogP contribution in [0.4, 0.5) is 5.95 Å². The van der Waals surface area contributed by atoms with Crippen LogP contribution < -0.4 is 16.2 Å². The molecule has 1 saturated heterocycles. The lowest BCUT2D eigenvalue weighted by Crippen LogP contribution is -2.45. The van der Waals surface area contributed by atoms with Gasteiger partial charge in [-0.1, -0.05) is 36.4 Å². The Bertz CT molecular complexity index is 1420. The molecule has 0 radical (unpaired) electrons. The first-order valence-electron chi connectivity index (χ1n) is 11.3. The molecule has 9 heteroatoms. The molecule has 1 aliphatic heterocycles. The summed E-state index contributed by atoms with van der Waals surface area (Å²) in [7, 11) is 0. The predicted molar refractivity (Wildman–Crippen MR) is 133 cm³/mol. The molecule has 0 unspecified atom stereocenters. The third-order valence-electron chi connectivity index (χ3n) is 5.87. The fourth-order valence-electron chi connectivity index (χ4n) is 4.11. The molecule has 4 aromatic rings. The minimum Gasteiger partial charge on any atom is -0.478 e. The highest BCUT2D eigenvalue weighted by Gasteiger charge is 2.23. The van der Waals surface area contributed by atoms with Gasteiger partial charge in [0.25, 0.3) is 5.56 Å². The standard InChI is InChI=1S/C19H20N6O.C7H6O2/c20-10-13-4-1-2-5-14(13)11-25-18(26)17-16(7-8-22-17)23-19(25)24-9-3-6-15(21)12-24;8-7(9)6-4-2-1-3-5-6/h1-2,4-5,7-8,15,22H,3,6,9,11-12,21H2;1-5H,(H,8,9)/t15-;/m1./s1. The minimum absolute atomic E-state index is 0.0717. The van der Waals surface area contributed by atoms with E-state index in [1.54, 1.807) is 53.2 Å². The van der Waals surface area contributed by atoms with E-state index in [0.717, 1.165) is 24.9 Å². The van der Waals surface area contributed by atoms with Gasteiger partial charge in [-0.05, 0) is 42.7 Å². The summed E-state index contributed by atoms with van der Waals surface area (Å²) in [6.45, 7) is 1.78. The van der Waals surface area contributed by atoms with E-state index in [1.165, 1.54) is 0 Å². The molecule has 4 N–H and O–H groups in total. The van der Waals surface area contributed by atoms with E-state index in [-0.39, 0.29) is 11.6 Å². The summed E-state index contributed by atoms with van der Waals surface area (Å²) in [5.74, 6) is -0.263. The number of rotatable bonds is 4. The van der Waals surface area contributed by atoms with E-state index in [2.05, 4.69) is 16.0 Å². The third-order valence-corrected chi connectivity index (χ3v) is 5.87. The molecule has 35 heavy (non-hydrogen) atoms. The zero-order valence-corrected chi connectivity index (χ0v) is 19.1. The monoisotopic (exact) mass is 470 g/mol. The van der Waals surface area contributed by atoms with E-state index >= 15 is 0 Å². The van der Waals surface area contributed by atoms with Crippen molar-refractivity contribution in [1.82, 2.24) is 14.5 Å². The number of aromatic carboxylic acids is 1. The van der Waals surface area contributed by atoms with Crippen LogP contribution in [0.5, 0.6) is 0 Å². The van der Waals surface area contributed by atoms with E-state index in [4.69, 9.17) is 15.8 Å². The lowest BCUT2D eigenvalue weighted by atomic mass is 10.1. The first-order valence-corrected chi connectivity index (χ1v) is 11.3. The molecule has 1 atom stereocenters. The van der Waals surface area contributed by atoms with Crippen molar-refractivity contribution in [2.75, 3.05) is 18.0 Å². The third kappa shape index (κ3) is 5.39. The molecule has 3 heterocycles. The normalized spacial score (nSPS) is 15.2. The van der Waals surface area contributed by atoms with Crippen LogP contribution in [-0.4, -0.2) is 44.7 Å². The SMILES string of the molecule is N#Cc1ccccc1Cn1c(N2CCC[C@@H](N)C2)nc2cc[nH]c2c1=O.O=C(O)c1ccccc1. The molecule has 178 valence electrons. The van der Waals surface area contributed by atoms with Crippen LogP contribution in [0.1, 0.15) is 34.3 Å². The Balaban J connectivity index is 0.000000271. The van der Waals surface area contributed by atoms with Crippen molar-refractivity contribution in [2.45, 2.75) is 25.4 Å². The summed E-state index contributed by atoms with van der Waals surface area (Å²) in [5, 5.41) is 17.8. The second-order valence-corrected chi connectivity index (χ2v) is 8.33. The molecule has 1 fully saturated rings. The van der Waals surface area contributed by atoms with Gasteiger partial charge in [0.1, 0.15) is 5.52 Å². The summed E-state index contributed by atoms with van der Waals surface area (Å²) in [5.41, 5.74) is 8.81. The van der Waals surface area contributed by atoms with Crippen molar-refractivity contribution < 1.29 is 9.90 Å². The highest BCUT2D eigenvalue weighted by molar-refractivity contribution is 5.87. The van der Waals surface area contributed by atoms with Crippen molar-refractivity contribution in [3.8, 4) is 6.07 Å². The topological polar surface area (TPSA) is 141 Å². The first kappa shape index (κ1) is 23.7. The number of nitrogens with two attached hydrogens (primary N) is 1. The predicted octanol–water partition coefficient (Wildman–Crippen LogP) is 2.96. The van der Waals surface area contributed by atoms with Crippen LogP contribution in [-0.2, 0) is 6.54 Å². The summed E-state index contributed by atoms with van der Waals surface area (Å²) in [6.07, 6.45) is 3.67. The number of benzene rings is 2. The van der Waals surface area contributed by atoms with Crippen molar-refractivity contribution in [3.05, 3.63) is 93.9 Å². The lowest BCUT2D eigenvalue weighted by molar-refractivity contribution is 0.0697. The van der Waals surface area contributed by atoms with E-state index < -0.39 is 5.97 Å². The Morgan fingerprint density at radius 1 is 1.17 bits per heavy atom. The molecule has 2 aromatic heterocycles.